The molecule has 1 aliphatic carbocycles. The van der Waals surface area contributed by atoms with Gasteiger partial charge < -0.3 is 14.6 Å². The van der Waals surface area contributed by atoms with Gasteiger partial charge in [0.25, 0.3) is 5.60 Å². The minimum Gasteiger partial charge on any atom is -0.459 e. The van der Waals surface area contributed by atoms with Crippen molar-refractivity contribution in [1.82, 2.24) is 0 Å². The van der Waals surface area contributed by atoms with Crippen LogP contribution in [0.1, 0.15) is 26.7 Å². The smallest absolute Gasteiger partial charge is 0.428 e. The second kappa shape index (κ2) is 5.97. The fourth-order valence-corrected chi connectivity index (χ4v) is 1.96. The SMILES string of the molecule is C=C(C)C(=O)OC1CC(C)(OCC(O)(C(F)(F)F)C(F)(F)F)C1. The van der Waals surface area contributed by atoms with Gasteiger partial charge in [-0.15, -0.1) is 0 Å². The van der Waals surface area contributed by atoms with Gasteiger partial charge in [-0.3, -0.25) is 0 Å². The molecular weight excluding hydrogens is 334 g/mol. The van der Waals surface area contributed by atoms with E-state index in [1.165, 1.54) is 13.8 Å². The van der Waals surface area contributed by atoms with Gasteiger partial charge in [-0.2, -0.15) is 26.3 Å². The predicted molar refractivity (Wildman–Crippen MR) is 65.3 cm³/mol. The van der Waals surface area contributed by atoms with Crippen molar-refractivity contribution in [2.45, 2.75) is 56.3 Å². The number of hydrogen-bond donors (Lipinski definition) is 1. The number of carbonyl (C=O) groups is 1. The number of hydrogen-bond acceptors (Lipinski definition) is 4. The topological polar surface area (TPSA) is 55.8 Å². The van der Waals surface area contributed by atoms with Crippen molar-refractivity contribution in [2.75, 3.05) is 6.61 Å². The van der Waals surface area contributed by atoms with Gasteiger partial charge in [0.05, 0.1) is 12.2 Å². The van der Waals surface area contributed by atoms with Crippen molar-refractivity contribution >= 4 is 5.97 Å². The van der Waals surface area contributed by atoms with Crippen LogP contribution in [0.2, 0.25) is 0 Å². The zero-order valence-electron chi connectivity index (χ0n) is 12.3. The quantitative estimate of drug-likeness (QED) is 0.471. The van der Waals surface area contributed by atoms with E-state index in [2.05, 4.69) is 11.3 Å². The number of aliphatic hydroxyl groups is 1. The van der Waals surface area contributed by atoms with E-state index in [0.717, 1.165) is 0 Å². The van der Waals surface area contributed by atoms with Gasteiger partial charge in [0.15, 0.2) is 0 Å². The van der Waals surface area contributed by atoms with Crippen molar-refractivity contribution in [1.29, 1.82) is 0 Å². The third-order valence-corrected chi connectivity index (χ3v) is 3.51. The Balaban J connectivity index is 2.64. The first kappa shape index (κ1) is 19.8. The van der Waals surface area contributed by atoms with E-state index >= 15 is 0 Å². The summed E-state index contributed by atoms with van der Waals surface area (Å²) in [5.41, 5.74) is -6.20. The Morgan fingerprint density at radius 2 is 1.65 bits per heavy atom. The second-order valence-corrected chi connectivity index (χ2v) is 5.81. The molecule has 1 aliphatic rings. The Bertz CT molecular complexity index is 462. The first-order valence-corrected chi connectivity index (χ1v) is 6.47. The van der Waals surface area contributed by atoms with Crippen LogP contribution in [0.3, 0.4) is 0 Å². The molecule has 23 heavy (non-hydrogen) atoms. The number of alkyl halides is 6. The zero-order chi connectivity index (χ0) is 18.3. The van der Waals surface area contributed by atoms with Crippen LogP contribution in [-0.2, 0) is 14.3 Å². The first-order chi connectivity index (χ1) is 10.1. The van der Waals surface area contributed by atoms with E-state index in [9.17, 15) is 31.1 Å². The largest absolute Gasteiger partial charge is 0.459 e. The molecule has 0 saturated heterocycles. The molecule has 0 aromatic heterocycles. The number of rotatable bonds is 5. The average Bonchev–Trinajstić information content (AvgIpc) is 2.30. The molecule has 134 valence electrons. The van der Waals surface area contributed by atoms with Crippen molar-refractivity contribution in [2.24, 2.45) is 0 Å². The Hall–Kier alpha value is -1.29. The van der Waals surface area contributed by atoms with Crippen LogP contribution in [-0.4, -0.2) is 47.3 Å². The van der Waals surface area contributed by atoms with Gasteiger partial charge in [-0.1, -0.05) is 6.58 Å². The molecular formula is C13H16F6O4. The van der Waals surface area contributed by atoms with Crippen LogP contribution in [0.4, 0.5) is 26.3 Å². The first-order valence-electron chi connectivity index (χ1n) is 6.47. The van der Waals surface area contributed by atoms with E-state index < -0.39 is 42.2 Å². The molecule has 0 radical (unpaired) electrons. The van der Waals surface area contributed by atoms with Gasteiger partial charge in [-0.05, 0) is 13.8 Å². The van der Waals surface area contributed by atoms with Crippen molar-refractivity contribution in [3.05, 3.63) is 12.2 Å². The lowest BCUT2D eigenvalue weighted by molar-refractivity contribution is -0.385. The molecule has 0 aromatic carbocycles. The molecule has 0 bridgehead atoms. The summed E-state index contributed by atoms with van der Waals surface area (Å²) in [5.74, 6) is -0.709. The fourth-order valence-electron chi connectivity index (χ4n) is 1.96. The maximum atomic E-state index is 12.5. The minimum absolute atomic E-state index is 0.0855. The molecule has 0 atom stereocenters. The summed E-state index contributed by atoms with van der Waals surface area (Å²) in [6.07, 6.45) is -12.7. The van der Waals surface area contributed by atoms with Gasteiger partial charge in [0, 0.05) is 18.4 Å². The van der Waals surface area contributed by atoms with Crippen molar-refractivity contribution in [3.8, 4) is 0 Å². The molecule has 10 heteroatoms. The summed E-state index contributed by atoms with van der Waals surface area (Å²) in [6, 6.07) is 0. The molecule has 0 amide bonds. The number of halogens is 6. The highest BCUT2D eigenvalue weighted by Crippen LogP contribution is 2.45. The maximum absolute atomic E-state index is 12.5. The van der Waals surface area contributed by atoms with Crippen LogP contribution < -0.4 is 0 Å². The molecule has 1 saturated carbocycles. The summed E-state index contributed by atoms with van der Waals surface area (Å²) in [7, 11) is 0. The summed E-state index contributed by atoms with van der Waals surface area (Å²) < 4.78 is 84.6. The highest BCUT2D eigenvalue weighted by Gasteiger charge is 2.71. The number of carbonyl (C=O) groups excluding carboxylic acids is 1. The molecule has 1 N–H and O–H groups in total. The molecule has 0 heterocycles. The highest BCUT2D eigenvalue weighted by molar-refractivity contribution is 5.87. The highest BCUT2D eigenvalue weighted by atomic mass is 19.4. The monoisotopic (exact) mass is 350 g/mol. The lowest BCUT2D eigenvalue weighted by Gasteiger charge is -2.45. The molecule has 0 aromatic rings. The van der Waals surface area contributed by atoms with Crippen LogP contribution in [0.15, 0.2) is 12.2 Å². The fraction of sp³-hybridized carbons (Fsp3) is 0.769. The predicted octanol–water partition coefficient (Wildman–Crippen LogP) is 2.90. The minimum atomic E-state index is -5.93. The van der Waals surface area contributed by atoms with Gasteiger partial charge >= 0.3 is 18.3 Å². The zero-order valence-corrected chi connectivity index (χ0v) is 12.3. The Labute approximate surface area is 128 Å². The van der Waals surface area contributed by atoms with Crippen molar-refractivity contribution < 1.29 is 45.7 Å². The van der Waals surface area contributed by atoms with E-state index in [1.54, 1.807) is 0 Å². The normalized spacial score (nSPS) is 25.7. The lowest BCUT2D eigenvalue weighted by atomic mass is 9.78. The summed E-state index contributed by atoms with van der Waals surface area (Å²) in [4.78, 5) is 11.2. The standard InChI is InChI=1S/C13H16F6O4/c1-7(2)9(20)23-8-4-10(3,5-8)22-6-11(21,12(14,15)16)13(17,18)19/h8,21H,1,4-6H2,2-3H3. The van der Waals surface area contributed by atoms with Gasteiger partial charge in [-0.25, -0.2) is 4.79 Å². The van der Waals surface area contributed by atoms with Crippen LogP contribution >= 0.6 is 0 Å². The average molecular weight is 350 g/mol. The summed E-state index contributed by atoms with van der Waals surface area (Å²) in [6.45, 7) is 4.01. The van der Waals surface area contributed by atoms with E-state index in [0.29, 0.717) is 0 Å². The summed E-state index contributed by atoms with van der Waals surface area (Å²) >= 11 is 0. The van der Waals surface area contributed by atoms with Crippen molar-refractivity contribution in [3.63, 3.8) is 0 Å². The third-order valence-electron chi connectivity index (χ3n) is 3.51. The van der Waals surface area contributed by atoms with Crippen LogP contribution in [0.5, 0.6) is 0 Å². The van der Waals surface area contributed by atoms with E-state index in [4.69, 9.17) is 9.84 Å². The van der Waals surface area contributed by atoms with Gasteiger partial charge in [0.2, 0.25) is 0 Å². The van der Waals surface area contributed by atoms with Crippen LogP contribution in [0, 0.1) is 0 Å². The van der Waals surface area contributed by atoms with Crippen LogP contribution in [0.25, 0.3) is 0 Å². The van der Waals surface area contributed by atoms with E-state index in [-0.39, 0.29) is 18.4 Å². The molecule has 0 unspecified atom stereocenters. The Morgan fingerprint density at radius 1 is 1.22 bits per heavy atom. The number of esters is 1. The Morgan fingerprint density at radius 3 is 2.00 bits per heavy atom. The van der Waals surface area contributed by atoms with Gasteiger partial charge in [0.1, 0.15) is 6.10 Å². The summed E-state index contributed by atoms with van der Waals surface area (Å²) in [5, 5.41) is 8.98. The third kappa shape index (κ3) is 4.17. The molecule has 4 nitrogen and oxygen atoms in total. The molecule has 1 fully saturated rings. The maximum Gasteiger partial charge on any atom is 0.428 e. The Kier molecular flexibility index (Phi) is 5.13. The molecule has 0 spiro atoms. The molecule has 1 rings (SSSR count). The van der Waals surface area contributed by atoms with E-state index in [1.807, 2.05) is 0 Å². The second-order valence-electron chi connectivity index (χ2n) is 5.81. The lowest BCUT2D eigenvalue weighted by Crippen LogP contribution is -2.62. The molecule has 0 aliphatic heterocycles. The number of ether oxygens (including phenoxy) is 2.